The highest BCUT2D eigenvalue weighted by atomic mass is 79.9. The number of amides is 1. The Morgan fingerprint density at radius 2 is 1.97 bits per heavy atom. The van der Waals surface area contributed by atoms with Crippen molar-refractivity contribution in [1.29, 1.82) is 0 Å². The Morgan fingerprint density at radius 3 is 2.69 bits per heavy atom. The monoisotopic (exact) mass is 478 g/mol. The van der Waals surface area contributed by atoms with Crippen molar-refractivity contribution >= 4 is 44.5 Å². The lowest BCUT2D eigenvalue weighted by Crippen LogP contribution is -2.37. The molecule has 3 heterocycles. The molecular formula is C21H27BrN4O2S. The van der Waals surface area contributed by atoms with Crippen molar-refractivity contribution in [2.24, 2.45) is 0 Å². The topological polar surface area (TPSA) is 57.7 Å². The molecule has 29 heavy (non-hydrogen) atoms. The Kier molecular flexibility index (Phi) is 7.18. The third kappa shape index (κ3) is 5.57. The number of anilines is 2. The number of hydrogen-bond acceptors (Lipinski definition) is 6. The highest BCUT2D eigenvalue weighted by Gasteiger charge is 2.19. The minimum absolute atomic E-state index is 0.161. The summed E-state index contributed by atoms with van der Waals surface area (Å²) in [5, 5.41) is 4.86. The summed E-state index contributed by atoms with van der Waals surface area (Å²) in [6.45, 7) is 6.80. The Labute approximate surface area is 184 Å². The molecule has 2 aliphatic heterocycles. The normalized spacial score (nSPS) is 18.0. The first-order valence-electron chi connectivity index (χ1n) is 10.3. The molecule has 2 saturated heterocycles. The Morgan fingerprint density at radius 1 is 1.17 bits per heavy atom. The first kappa shape index (κ1) is 20.8. The first-order chi connectivity index (χ1) is 14.2. The molecule has 6 nitrogen and oxygen atoms in total. The molecule has 0 bridgehead atoms. The number of thiazole rings is 1. The van der Waals surface area contributed by atoms with Gasteiger partial charge in [0, 0.05) is 38.1 Å². The number of aromatic nitrogens is 1. The van der Waals surface area contributed by atoms with Crippen molar-refractivity contribution in [2.75, 3.05) is 56.2 Å². The van der Waals surface area contributed by atoms with E-state index in [1.807, 2.05) is 0 Å². The Bertz CT molecular complexity index is 832. The molecule has 0 radical (unpaired) electrons. The molecule has 0 spiro atoms. The molecule has 1 N–H and O–H groups in total. The molecule has 1 amide bonds. The quantitative estimate of drug-likeness (QED) is 0.679. The number of carbonyl (C=O) groups excluding carboxylic acids is 1. The molecule has 0 aliphatic carbocycles. The van der Waals surface area contributed by atoms with Gasteiger partial charge in [-0.05, 0) is 59.3 Å². The van der Waals surface area contributed by atoms with Gasteiger partial charge >= 0.3 is 0 Å². The van der Waals surface area contributed by atoms with Crippen molar-refractivity contribution in [1.82, 2.24) is 9.88 Å². The van der Waals surface area contributed by atoms with Crippen LogP contribution in [-0.4, -0.2) is 61.7 Å². The van der Waals surface area contributed by atoms with Gasteiger partial charge < -0.3 is 15.0 Å². The molecule has 1 aromatic heterocycles. The molecular weight excluding hydrogens is 452 g/mol. The first-order valence-corrected chi connectivity index (χ1v) is 12.0. The second kappa shape index (κ2) is 10.0. The van der Waals surface area contributed by atoms with Gasteiger partial charge in [-0.1, -0.05) is 6.07 Å². The van der Waals surface area contributed by atoms with E-state index in [4.69, 9.17) is 4.74 Å². The lowest BCUT2D eigenvalue weighted by molar-refractivity contribution is 0.0384. The number of rotatable bonds is 6. The average Bonchev–Trinajstić information content (AvgIpc) is 3.21. The number of carbonyl (C=O) groups is 1. The molecule has 8 heteroatoms. The molecule has 156 valence electrons. The van der Waals surface area contributed by atoms with Gasteiger partial charge in [-0.2, -0.15) is 0 Å². The number of hydrogen-bond donors (Lipinski definition) is 1. The van der Waals surface area contributed by atoms with Gasteiger partial charge in [0.05, 0.1) is 24.6 Å². The summed E-state index contributed by atoms with van der Waals surface area (Å²) in [7, 11) is 0. The van der Waals surface area contributed by atoms with E-state index >= 15 is 0 Å². The fourth-order valence-electron chi connectivity index (χ4n) is 3.89. The number of morpholine rings is 1. The standard InChI is InChI=1S/C21H27BrN4O2S/c22-21-24-18(15-29-21)20(27)23-17-5-4-16(6-9-25-10-12-28-13-11-25)14-19(17)26-7-2-1-3-8-26/h4-5,14-15H,1-3,6-13H2,(H,23,27). The summed E-state index contributed by atoms with van der Waals surface area (Å²) in [6.07, 6.45) is 4.69. The van der Waals surface area contributed by atoms with E-state index in [0.29, 0.717) is 5.69 Å². The zero-order valence-corrected chi connectivity index (χ0v) is 18.9. The van der Waals surface area contributed by atoms with E-state index < -0.39 is 0 Å². The van der Waals surface area contributed by atoms with Crippen LogP contribution < -0.4 is 10.2 Å². The second-order valence-corrected chi connectivity index (χ2v) is 9.68. The Balaban J connectivity index is 1.50. The van der Waals surface area contributed by atoms with Crippen molar-refractivity contribution < 1.29 is 9.53 Å². The molecule has 1 aromatic carbocycles. The summed E-state index contributed by atoms with van der Waals surface area (Å²) in [6, 6.07) is 6.46. The van der Waals surface area contributed by atoms with Crippen molar-refractivity contribution in [3.05, 3.63) is 38.8 Å². The van der Waals surface area contributed by atoms with E-state index in [1.165, 1.54) is 36.2 Å². The third-order valence-electron chi connectivity index (χ3n) is 5.54. The minimum atomic E-state index is -0.161. The fraction of sp³-hybridized carbons (Fsp3) is 0.524. The summed E-state index contributed by atoms with van der Waals surface area (Å²) < 4.78 is 6.16. The van der Waals surface area contributed by atoms with E-state index in [2.05, 4.69) is 54.2 Å². The van der Waals surface area contributed by atoms with Gasteiger partial charge in [-0.25, -0.2) is 4.98 Å². The SMILES string of the molecule is O=C(Nc1ccc(CCN2CCOCC2)cc1N1CCCCC1)c1csc(Br)n1. The minimum Gasteiger partial charge on any atom is -0.379 e. The predicted octanol–water partition coefficient (Wildman–Crippen LogP) is 4.02. The number of piperidine rings is 1. The zero-order valence-electron chi connectivity index (χ0n) is 16.5. The van der Waals surface area contributed by atoms with Crippen molar-refractivity contribution in [3.63, 3.8) is 0 Å². The highest BCUT2D eigenvalue weighted by molar-refractivity contribution is 9.11. The largest absolute Gasteiger partial charge is 0.379 e. The van der Waals surface area contributed by atoms with Crippen LogP contribution in [0, 0.1) is 0 Å². The number of nitrogens with zero attached hydrogens (tertiary/aromatic N) is 3. The lowest BCUT2D eigenvalue weighted by atomic mass is 10.1. The van der Waals surface area contributed by atoms with Gasteiger partial charge in [0.2, 0.25) is 0 Å². The van der Waals surface area contributed by atoms with Gasteiger partial charge in [-0.3, -0.25) is 9.69 Å². The van der Waals surface area contributed by atoms with Crippen LogP contribution in [0.25, 0.3) is 0 Å². The number of halogens is 1. The summed E-state index contributed by atoms with van der Waals surface area (Å²) >= 11 is 4.75. The lowest BCUT2D eigenvalue weighted by Gasteiger charge is -2.31. The number of benzene rings is 1. The molecule has 0 saturated carbocycles. The maximum absolute atomic E-state index is 12.7. The number of nitrogens with one attached hydrogen (secondary N) is 1. The van der Waals surface area contributed by atoms with Crippen LogP contribution in [0.3, 0.4) is 0 Å². The van der Waals surface area contributed by atoms with Gasteiger partial charge in [-0.15, -0.1) is 11.3 Å². The maximum atomic E-state index is 12.7. The van der Waals surface area contributed by atoms with Crippen LogP contribution in [0.4, 0.5) is 11.4 Å². The van der Waals surface area contributed by atoms with E-state index in [1.54, 1.807) is 5.38 Å². The van der Waals surface area contributed by atoms with Crippen molar-refractivity contribution in [3.8, 4) is 0 Å². The van der Waals surface area contributed by atoms with Crippen LogP contribution in [0.2, 0.25) is 0 Å². The zero-order chi connectivity index (χ0) is 20.1. The molecule has 0 unspecified atom stereocenters. The van der Waals surface area contributed by atoms with Crippen LogP contribution in [0.5, 0.6) is 0 Å². The smallest absolute Gasteiger partial charge is 0.275 e. The summed E-state index contributed by atoms with van der Waals surface area (Å²) in [5.74, 6) is -0.161. The van der Waals surface area contributed by atoms with Crippen LogP contribution >= 0.6 is 27.3 Å². The van der Waals surface area contributed by atoms with Gasteiger partial charge in [0.1, 0.15) is 5.69 Å². The molecule has 0 atom stereocenters. The van der Waals surface area contributed by atoms with Gasteiger partial charge in [0.25, 0.3) is 5.91 Å². The molecule has 2 aromatic rings. The highest BCUT2D eigenvalue weighted by Crippen LogP contribution is 2.31. The van der Waals surface area contributed by atoms with E-state index in [-0.39, 0.29) is 5.91 Å². The predicted molar refractivity (Wildman–Crippen MR) is 121 cm³/mol. The molecule has 4 rings (SSSR count). The summed E-state index contributed by atoms with van der Waals surface area (Å²) in [4.78, 5) is 21.8. The van der Waals surface area contributed by atoms with Crippen molar-refractivity contribution in [2.45, 2.75) is 25.7 Å². The summed E-state index contributed by atoms with van der Waals surface area (Å²) in [5.41, 5.74) is 3.76. The fourth-order valence-corrected chi connectivity index (χ4v) is 4.88. The third-order valence-corrected chi connectivity index (χ3v) is 6.90. The van der Waals surface area contributed by atoms with Crippen LogP contribution in [-0.2, 0) is 11.2 Å². The van der Waals surface area contributed by atoms with Crippen LogP contribution in [0.15, 0.2) is 27.5 Å². The number of ether oxygens (including phenoxy) is 1. The van der Waals surface area contributed by atoms with Crippen LogP contribution in [0.1, 0.15) is 35.3 Å². The Hall–Kier alpha value is -1.48. The second-order valence-electron chi connectivity index (χ2n) is 7.54. The van der Waals surface area contributed by atoms with E-state index in [0.717, 1.165) is 67.7 Å². The maximum Gasteiger partial charge on any atom is 0.275 e. The van der Waals surface area contributed by atoms with Gasteiger partial charge in [0.15, 0.2) is 3.92 Å². The average molecular weight is 479 g/mol. The molecule has 2 fully saturated rings. The molecule has 2 aliphatic rings. The van der Waals surface area contributed by atoms with E-state index in [9.17, 15) is 4.79 Å².